The van der Waals surface area contributed by atoms with E-state index >= 15 is 0 Å². The van der Waals surface area contributed by atoms with Crippen molar-refractivity contribution in [2.24, 2.45) is 7.05 Å². The second-order valence-electron chi connectivity index (χ2n) is 4.79. The lowest BCUT2D eigenvalue weighted by Gasteiger charge is -2.21. The SMILES string of the molecule is Cn1cccc1C(=O)NC1CCCCCC1O. The van der Waals surface area contributed by atoms with Crippen LogP contribution in [0.2, 0.25) is 0 Å². The summed E-state index contributed by atoms with van der Waals surface area (Å²) in [4.78, 5) is 12.0. The van der Waals surface area contributed by atoms with Gasteiger partial charge in [0.2, 0.25) is 0 Å². The molecule has 0 radical (unpaired) electrons. The normalized spacial score (nSPS) is 25.3. The summed E-state index contributed by atoms with van der Waals surface area (Å²) in [6, 6.07) is 3.54. The molecule has 1 aromatic rings. The zero-order chi connectivity index (χ0) is 12.3. The highest BCUT2D eigenvalue weighted by Crippen LogP contribution is 2.18. The lowest BCUT2D eigenvalue weighted by molar-refractivity contribution is 0.0811. The highest BCUT2D eigenvalue weighted by Gasteiger charge is 2.24. The Morgan fingerprint density at radius 2 is 2.18 bits per heavy atom. The van der Waals surface area contributed by atoms with Crippen LogP contribution in [0, 0.1) is 0 Å². The summed E-state index contributed by atoms with van der Waals surface area (Å²) in [7, 11) is 1.85. The Morgan fingerprint density at radius 3 is 2.88 bits per heavy atom. The number of nitrogens with zero attached hydrogens (tertiary/aromatic N) is 1. The smallest absolute Gasteiger partial charge is 0.268 e. The summed E-state index contributed by atoms with van der Waals surface area (Å²) < 4.78 is 1.79. The Morgan fingerprint density at radius 1 is 1.41 bits per heavy atom. The Bertz CT molecular complexity index is 387. The van der Waals surface area contributed by atoms with Gasteiger partial charge in [0.1, 0.15) is 5.69 Å². The maximum Gasteiger partial charge on any atom is 0.268 e. The summed E-state index contributed by atoms with van der Waals surface area (Å²) in [6.45, 7) is 0. The fourth-order valence-corrected chi connectivity index (χ4v) is 2.40. The van der Waals surface area contributed by atoms with E-state index < -0.39 is 6.10 Å². The third-order valence-electron chi connectivity index (χ3n) is 3.47. The number of aliphatic hydroxyl groups is 1. The molecule has 2 rings (SSSR count). The van der Waals surface area contributed by atoms with Crippen LogP contribution in [0.4, 0.5) is 0 Å². The van der Waals surface area contributed by atoms with Gasteiger partial charge in [-0.1, -0.05) is 19.3 Å². The molecule has 2 atom stereocenters. The highest BCUT2D eigenvalue weighted by atomic mass is 16.3. The van der Waals surface area contributed by atoms with E-state index in [1.54, 1.807) is 10.6 Å². The van der Waals surface area contributed by atoms with Gasteiger partial charge in [-0.2, -0.15) is 0 Å². The second-order valence-corrected chi connectivity index (χ2v) is 4.79. The molecule has 1 heterocycles. The van der Waals surface area contributed by atoms with Crippen LogP contribution in [0.3, 0.4) is 0 Å². The number of amides is 1. The maximum absolute atomic E-state index is 12.0. The average molecular weight is 236 g/mol. The van der Waals surface area contributed by atoms with Gasteiger partial charge in [-0.05, 0) is 25.0 Å². The van der Waals surface area contributed by atoms with Crippen LogP contribution in [0.15, 0.2) is 18.3 Å². The molecule has 4 nitrogen and oxygen atoms in total. The van der Waals surface area contributed by atoms with Crippen molar-refractivity contribution in [1.82, 2.24) is 9.88 Å². The molecule has 2 unspecified atom stereocenters. The molecule has 1 aliphatic rings. The Kier molecular flexibility index (Phi) is 3.84. The monoisotopic (exact) mass is 236 g/mol. The molecule has 0 aromatic carbocycles. The summed E-state index contributed by atoms with van der Waals surface area (Å²) in [5.74, 6) is -0.0940. The number of hydrogen-bond acceptors (Lipinski definition) is 2. The van der Waals surface area contributed by atoms with Crippen molar-refractivity contribution in [1.29, 1.82) is 0 Å². The minimum absolute atomic E-state index is 0.0940. The summed E-state index contributed by atoms with van der Waals surface area (Å²) >= 11 is 0. The molecule has 0 bridgehead atoms. The molecule has 2 N–H and O–H groups in total. The van der Waals surface area contributed by atoms with Crippen LogP contribution in [0.25, 0.3) is 0 Å². The molecule has 1 fully saturated rings. The topological polar surface area (TPSA) is 54.3 Å². The van der Waals surface area contributed by atoms with Crippen LogP contribution < -0.4 is 5.32 Å². The summed E-state index contributed by atoms with van der Waals surface area (Å²) in [6.07, 6.45) is 6.38. The Labute approximate surface area is 102 Å². The van der Waals surface area contributed by atoms with Gasteiger partial charge in [0.15, 0.2) is 0 Å². The molecule has 0 spiro atoms. The Balaban J connectivity index is 2.00. The van der Waals surface area contributed by atoms with E-state index in [1.807, 2.05) is 19.3 Å². The van der Waals surface area contributed by atoms with Crippen molar-refractivity contribution < 1.29 is 9.90 Å². The van der Waals surface area contributed by atoms with Crippen molar-refractivity contribution >= 4 is 5.91 Å². The van der Waals surface area contributed by atoms with E-state index in [1.165, 1.54) is 0 Å². The van der Waals surface area contributed by atoms with E-state index in [-0.39, 0.29) is 11.9 Å². The zero-order valence-electron chi connectivity index (χ0n) is 10.2. The van der Waals surface area contributed by atoms with Crippen molar-refractivity contribution in [3.05, 3.63) is 24.0 Å². The molecule has 0 aliphatic heterocycles. The largest absolute Gasteiger partial charge is 0.391 e. The maximum atomic E-state index is 12.0. The Hall–Kier alpha value is -1.29. The van der Waals surface area contributed by atoms with E-state index in [0.29, 0.717) is 5.69 Å². The molecule has 1 aliphatic carbocycles. The van der Waals surface area contributed by atoms with Gasteiger partial charge in [-0.25, -0.2) is 0 Å². The minimum atomic E-state index is -0.401. The number of hydrogen-bond donors (Lipinski definition) is 2. The summed E-state index contributed by atoms with van der Waals surface area (Å²) in [5, 5.41) is 12.9. The van der Waals surface area contributed by atoms with Crippen molar-refractivity contribution in [2.45, 2.75) is 44.2 Å². The third-order valence-corrected chi connectivity index (χ3v) is 3.47. The van der Waals surface area contributed by atoms with Crippen molar-refractivity contribution in [3.63, 3.8) is 0 Å². The fourth-order valence-electron chi connectivity index (χ4n) is 2.40. The second kappa shape index (κ2) is 5.36. The minimum Gasteiger partial charge on any atom is -0.391 e. The molecular weight excluding hydrogens is 216 g/mol. The highest BCUT2D eigenvalue weighted by molar-refractivity contribution is 5.92. The van der Waals surface area contributed by atoms with E-state index in [4.69, 9.17) is 0 Å². The zero-order valence-corrected chi connectivity index (χ0v) is 10.2. The number of aryl methyl sites for hydroxylation is 1. The van der Waals surface area contributed by atoms with E-state index in [2.05, 4.69) is 5.32 Å². The molecule has 94 valence electrons. The molecule has 17 heavy (non-hydrogen) atoms. The fraction of sp³-hybridized carbons (Fsp3) is 0.615. The quantitative estimate of drug-likeness (QED) is 0.764. The first-order valence-electron chi connectivity index (χ1n) is 6.29. The molecule has 1 amide bonds. The molecule has 1 saturated carbocycles. The van der Waals surface area contributed by atoms with Crippen LogP contribution in [-0.2, 0) is 7.05 Å². The number of carbonyl (C=O) groups excluding carboxylic acids is 1. The van der Waals surface area contributed by atoms with Gasteiger partial charge in [-0.3, -0.25) is 4.79 Å². The van der Waals surface area contributed by atoms with Gasteiger partial charge in [-0.15, -0.1) is 0 Å². The van der Waals surface area contributed by atoms with Crippen molar-refractivity contribution in [3.8, 4) is 0 Å². The van der Waals surface area contributed by atoms with Gasteiger partial charge in [0.25, 0.3) is 5.91 Å². The first-order valence-corrected chi connectivity index (χ1v) is 6.29. The number of nitrogens with one attached hydrogen (secondary N) is 1. The standard InChI is InChI=1S/C13H20N2O2/c1-15-9-5-7-11(15)13(17)14-10-6-3-2-4-8-12(10)16/h5,7,9-10,12,16H,2-4,6,8H2,1H3,(H,14,17). The number of aromatic nitrogens is 1. The lowest BCUT2D eigenvalue weighted by Crippen LogP contribution is -2.43. The number of aliphatic hydroxyl groups excluding tert-OH is 1. The molecule has 4 heteroatoms. The number of rotatable bonds is 2. The van der Waals surface area contributed by atoms with Gasteiger partial charge in [0.05, 0.1) is 12.1 Å². The molecule has 0 saturated heterocycles. The van der Waals surface area contributed by atoms with Crippen LogP contribution in [0.1, 0.15) is 42.6 Å². The average Bonchev–Trinajstić information content (AvgIpc) is 2.63. The van der Waals surface area contributed by atoms with Crippen LogP contribution in [-0.4, -0.2) is 27.7 Å². The number of carbonyl (C=O) groups is 1. The predicted molar refractivity (Wildman–Crippen MR) is 65.8 cm³/mol. The van der Waals surface area contributed by atoms with E-state index in [9.17, 15) is 9.90 Å². The van der Waals surface area contributed by atoms with Crippen molar-refractivity contribution in [2.75, 3.05) is 0 Å². The van der Waals surface area contributed by atoms with Gasteiger partial charge in [0, 0.05) is 13.2 Å². The van der Waals surface area contributed by atoms with Gasteiger partial charge >= 0.3 is 0 Å². The van der Waals surface area contributed by atoms with Crippen LogP contribution >= 0.6 is 0 Å². The first-order chi connectivity index (χ1) is 8.18. The molecule has 1 aromatic heterocycles. The van der Waals surface area contributed by atoms with Crippen LogP contribution in [0.5, 0.6) is 0 Å². The van der Waals surface area contributed by atoms with Gasteiger partial charge < -0.3 is 15.0 Å². The lowest BCUT2D eigenvalue weighted by atomic mass is 10.1. The molecular formula is C13H20N2O2. The first kappa shape index (κ1) is 12.2. The predicted octanol–water partition coefficient (Wildman–Crippen LogP) is 1.45. The van der Waals surface area contributed by atoms with E-state index in [0.717, 1.165) is 32.1 Å². The third kappa shape index (κ3) is 2.88. The summed E-state index contributed by atoms with van der Waals surface area (Å²) in [5.41, 5.74) is 0.640.